The standard InChI is InChI=1S/C22H21N3O/c1-2-24(15-17-10-11-18-7-3-4-8-19(18)13-17)16-20-14-22(26)25-12-6-5-9-21(25)23-20/h3-14H,2,15-16H2,1H3. The largest absolute Gasteiger partial charge is 0.294 e. The van der Waals surface area contributed by atoms with Crippen LogP contribution in [0.4, 0.5) is 0 Å². The highest BCUT2D eigenvalue weighted by atomic mass is 16.1. The van der Waals surface area contributed by atoms with Crippen molar-refractivity contribution in [1.29, 1.82) is 0 Å². The van der Waals surface area contributed by atoms with Crippen molar-refractivity contribution >= 4 is 16.4 Å². The monoisotopic (exact) mass is 343 g/mol. The van der Waals surface area contributed by atoms with Crippen molar-refractivity contribution in [1.82, 2.24) is 14.3 Å². The SMILES string of the molecule is CCN(Cc1ccc2ccccc2c1)Cc1cc(=O)n2ccccc2n1. The molecule has 0 aliphatic heterocycles. The number of aromatic nitrogens is 2. The first-order chi connectivity index (χ1) is 12.7. The van der Waals surface area contributed by atoms with Gasteiger partial charge >= 0.3 is 0 Å². The number of hydrogen-bond acceptors (Lipinski definition) is 3. The van der Waals surface area contributed by atoms with Crippen molar-refractivity contribution < 1.29 is 0 Å². The zero-order valence-corrected chi connectivity index (χ0v) is 14.8. The molecular formula is C22H21N3O. The number of nitrogens with zero attached hydrogens (tertiary/aromatic N) is 3. The highest BCUT2D eigenvalue weighted by Crippen LogP contribution is 2.17. The Balaban J connectivity index is 1.58. The quantitative estimate of drug-likeness (QED) is 0.552. The Bertz CT molecular complexity index is 1120. The highest BCUT2D eigenvalue weighted by molar-refractivity contribution is 5.82. The van der Waals surface area contributed by atoms with E-state index in [2.05, 4.69) is 59.3 Å². The zero-order chi connectivity index (χ0) is 17.9. The van der Waals surface area contributed by atoms with Gasteiger partial charge in [-0.2, -0.15) is 0 Å². The van der Waals surface area contributed by atoms with Gasteiger partial charge in [0.05, 0.1) is 5.69 Å². The maximum atomic E-state index is 12.3. The van der Waals surface area contributed by atoms with E-state index in [9.17, 15) is 4.79 Å². The van der Waals surface area contributed by atoms with Crippen LogP contribution >= 0.6 is 0 Å². The molecule has 26 heavy (non-hydrogen) atoms. The van der Waals surface area contributed by atoms with E-state index in [1.165, 1.54) is 16.3 Å². The molecule has 0 atom stereocenters. The third kappa shape index (κ3) is 3.37. The lowest BCUT2D eigenvalue weighted by molar-refractivity contribution is 0.268. The van der Waals surface area contributed by atoms with E-state index in [1.54, 1.807) is 16.7 Å². The number of benzene rings is 2. The molecule has 0 saturated heterocycles. The minimum absolute atomic E-state index is 0.0349. The molecule has 4 heteroatoms. The molecule has 4 aromatic rings. The first-order valence-electron chi connectivity index (χ1n) is 8.90. The zero-order valence-electron chi connectivity index (χ0n) is 14.8. The van der Waals surface area contributed by atoms with Gasteiger partial charge in [0, 0.05) is 25.4 Å². The summed E-state index contributed by atoms with van der Waals surface area (Å²) in [5, 5.41) is 2.51. The second-order valence-electron chi connectivity index (χ2n) is 6.50. The summed E-state index contributed by atoms with van der Waals surface area (Å²) < 4.78 is 1.57. The van der Waals surface area contributed by atoms with Gasteiger partial charge in [0.1, 0.15) is 5.65 Å². The van der Waals surface area contributed by atoms with Gasteiger partial charge in [-0.3, -0.25) is 14.1 Å². The van der Waals surface area contributed by atoms with Crippen LogP contribution in [-0.4, -0.2) is 20.8 Å². The Morgan fingerprint density at radius 2 is 1.73 bits per heavy atom. The first-order valence-corrected chi connectivity index (χ1v) is 8.90. The lowest BCUT2D eigenvalue weighted by Gasteiger charge is -2.20. The van der Waals surface area contributed by atoms with Gasteiger partial charge in [-0.1, -0.05) is 49.4 Å². The van der Waals surface area contributed by atoms with Crippen LogP contribution in [0.15, 0.2) is 77.7 Å². The van der Waals surface area contributed by atoms with E-state index in [1.807, 2.05) is 18.2 Å². The molecular weight excluding hydrogens is 322 g/mol. The van der Waals surface area contributed by atoms with Crippen LogP contribution in [0.5, 0.6) is 0 Å². The van der Waals surface area contributed by atoms with Crippen molar-refractivity contribution in [2.24, 2.45) is 0 Å². The predicted molar refractivity (Wildman–Crippen MR) is 105 cm³/mol. The molecule has 4 rings (SSSR count). The summed E-state index contributed by atoms with van der Waals surface area (Å²) in [7, 11) is 0. The second kappa shape index (κ2) is 7.10. The molecule has 2 aromatic carbocycles. The highest BCUT2D eigenvalue weighted by Gasteiger charge is 2.09. The van der Waals surface area contributed by atoms with Gasteiger partial charge in [0.15, 0.2) is 0 Å². The van der Waals surface area contributed by atoms with E-state index in [4.69, 9.17) is 0 Å². The fraction of sp³-hybridized carbons (Fsp3) is 0.182. The Morgan fingerprint density at radius 1 is 0.923 bits per heavy atom. The molecule has 0 radical (unpaired) electrons. The summed E-state index contributed by atoms with van der Waals surface area (Å²) in [6.07, 6.45) is 1.75. The van der Waals surface area contributed by atoms with Crippen molar-refractivity contribution in [2.75, 3.05) is 6.54 Å². The number of fused-ring (bicyclic) bond motifs is 2. The lowest BCUT2D eigenvalue weighted by atomic mass is 10.1. The molecule has 4 nitrogen and oxygen atoms in total. The molecule has 0 amide bonds. The molecule has 0 N–H and O–H groups in total. The van der Waals surface area contributed by atoms with Gasteiger partial charge in [-0.15, -0.1) is 0 Å². The maximum Gasteiger partial charge on any atom is 0.258 e. The first kappa shape index (κ1) is 16.5. The fourth-order valence-electron chi connectivity index (χ4n) is 3.29. The van der Waals surface area contributed by atoms with Crippen LogP contribution in [-0.2, 0) is 13.1 Å². The number of hydrogen-bond donors (Lipinski definition) is 0. The maximum absolute atomic E-state index is 12.3. The summed E-state index contributed by atoms with van der Waals surface area (Å²) in [5.41, 5.74) is 2.73. The third-order valence-electron chi connectivity index (χ3n) is 4.68. The van der Waals surface area contributed by atoms with Crippen molar-refractivity contribution in [2.45, 2.75) is 20.0 Å². The molecule has 2 aromatic heterocycles. The Hall–Kier alpha value is -2.98. The van der Waals surface area contributed by atoms with Crippen LogP contribution < -0.4 is 5.56 Å². The van der Waals surface area contributed by atoms with E-state index < -0.39 is 0 Å². The van der Waals surface area contributed by atoms with Gasteiger partial charge in [-0.05, 0) is 41.1 Å². The minimum Gasteiger partial charge on any atom is -0.294 e. The van der Waals surface area contributed by atoms with Crippen LogP contribution in [0.3, 0.4) is 0 Å². The van der Waals surface area contributed by atoms with Gasteiger partial charge < -0.3 is 0 Å². The molecule has 0 unspecified atom stereocenters. The average Bonchev–Trinajstić information content (AvgIpc) is 2.67. The van der Waals surface area contributed by atoms with Crippen molar-refractivity contribution in [3.63, 3.8) is 0 Å². The molecule has 0 aliphatic carbocycles. The summed E-state index contributed by atoms with van der Waals surface area (Å²) >= 11 is 0. The predicted octanol–water partition coefficient (Wildman–Crippen LogP) is 3.87. The van der Waals surface area contributed by atoms with Crippen LogP contribution in [0, 0.1) is 0 Å². The van der Waals surface area contributed by atoms with Crippen LogP contribution in [0.1, 0.15) is 18.2 Å². The van der Waals surface area contributed by atoms with Crippen molar-refractivity contribution in [3.05, 3.63) is 94.5 Å². The fourth-order valence-corrected chi connectivity index (χ4v) is 3.29. The Kier molecular flexibility index (Phi) is 4.50. The minimum atomic E-state index is -0.0349. The second-order valence-corrected chi connectivity index (χ2v) is 6.50. The van der Waals surface area contributed by atoms with E-state index in [0.717, 1.165) is 18.8 Å². The summed E-state index contributed by atoms with van der Waals surface area (Å²) in [6.45, 7) is 4.51. The molecule has 0 bridgehead atoms. The third-order valence-corrected chi connectivity index (χ3v) is 4.68. The van der Waals surface area contributed by atoms with Crippen LogP contribution in [0.2, 0.25) is 0 Å². The Morgan fingerprint density at radius 3 is 2.58 bits per heavy atom. The molecule has 0 fully saturated rings. The average molecular weight is 343 g/mol. The van der Waals surface area contributed by atoms with Crippen LogP contribution in [0.25, 0.3) is 16.4 Å². The van der Waals surface area contributed by atoms with Gasteiger partial charge in [-0.25, -0.2) is 4.98 Å². The lowest BCUT2D eigenvalue weighted by Crippen LogP contribution is -2.25. The Labute approximate surface area is 152 Å². The molecule has 0 spiro atoms. The molecule has 2 heterocycles. The van der Waals surface area contributed by atoms with Gasteiger partial charge in [0.2, 0.25) is 0 Å². The smallest absolute Gasteiger partial charge is 0.258 e. The summed E-state index contributed by atoms with van der Waals surface area (Å²) in [5.74, 6) is 0. The van der Waals surface area contributed by atoms with Crippen molar-refractivity contribution in [3.8, 4) is 0 Å². The summed E-state index contributed by atoms with van der Waals surface area (Å²) in [4.78, 5) is 19.2. The van der Waals surface area contributed by atoms with E-state index >= 15 is 0 Å². The molecule has 130 valence electrons. The number of rotatable bonds is 5. The normalized spacial score (nSPS) is 11.5. The summed E-state index contributed by atoms with van der Waals surface area (Å²) in [6, 6.07) is 22.2. The molecule has 0 aliphatic rings. The number of pyridine rings is 1. The molecule has 0 saturated carbocycles. The topological polar surface area (TPSA) is 37.6 Å². The van der Waals surface area contributed by atoms with Gasteiger partial charge in [0.25, 0.3) is 5.56 Å². The van der Waals surface area contributed by atoms with E-state index in [-0.39, 0.29) is 5.56 Å². The van der Waals surface area contributed by atoms with E-state index in [0.29, 0.717) is 12.2 Å².